The van der Waals surface area contributed by atoms with Crippen molar-refractivity contribution in [2.75, 3.05) is 27.1 Å². The Kier molecular flexibility index (Phi) is 5.80. The Labute approximate surface area is 59.5 Å². The van der Waals surface area contributed by atoms with Crippen molar-refractivity contribution in [1.29, 1.82) is 0 Å². The molecule has 2 amide bonds. The highest BCUT2D eigenvalue weighted by Crippen LogP contribution is 1.71. The molecule has 0 radical (unpaired) electrons. The van der Waals surface area contributed by atoms with Crippen molar-refractivity contribution in [1.82, 2.24) is 5.32 Å². The van der Waals surface area contributed by atoms with Crippen LogP contribution in [0, 0.1) is 0 Å². The summed E-state index contributed by atoms with van der Waals surface area (Å²) in [5, 5.41) is 2.27. The summed E-state index contributed by atoms with van der Waals surface area (Å²) in [5.41, 5.74) is 4.75. The van der Waals surface area contributed by atoms with Gasteiger partial charge < -0.3 is 20.5 Å². The molecule has 0 aliphatic heterocycles. The molecule has 0 aromatic heterocycles. The predicted octanol–water partition coefficient (Wildman–Crippen LogP) is -0.725. The monoisotopic (exact) mass is 148 g/mol. The molecule has 0 atom stereocenters. The lowest BCUT2D eigenvalue weighted by Gasteiger charge is -2.02. The highest BCUT2D eigenvalue weighted by molar-refractivity contribution is 5.71. The van der Waals surface area contributed by atoms with E-state index in [1.54, 1.807) is 7.11 Å². The number of carbonyl (C=O) groups is 1. The lowest BCUT2D eigenvalue weighted by Crippen LogP contribution is -2.31. The Morgan fingerprint density at radius 2 is 2.30 bits per heavy atom. The van der Waals surface area contributed by atoms with Gasteiger partial charge >= 0.3 is 6.03 Å². The summed E-state index contributed by atoms with van der Waals surface area (Å²) in [4.78, 5) is 10.0. The number of primary amides is 1. The van der Waals surface area contributed by atoms with Crippen molar-refractivity contribution >= 4 is 6.03 Å². The first-order chi connectivity index (χ1) is 4.77. The molecular weight excluding hydrogens is 136 g/mol. The van der Waals surface area contributed by atoms with Crippen molar-refractivity contribution < 1.29 is 14.3 Å². The Balaban J connectivity index is 2.84. The van der Waals surface area contributed by atoms with E-state index in [9.17, 15) is 4.79 Å². The Morgan fingerprint density at radius 3 is 2.80 bits per heavy atom. The third-order valence-electron chi connectivity index (χ3n) is 0.780. The summed E-state index contributed by atoms with van der Waals surface area (Å²) in [7, 11) is 1.57. The zero-order valence-corrected chi connectivity index (χ0v) is 5.92. The number of nitrogens with one attached hydrogen (secondary N) is 1. The summed E-state index contributed by atoms with van der Waals surface area (Å²) in [6, 6.07) is -0.586. The molecular formula is C5H12N2O3. The van der Waals surface area contributed by atoms with Crippen LogP contribution in [0.25, 0.3) is 0 Å². The second kappa shape index (κ2) is 6.31. The fourth-order valence-electron chi connectivity index (χ4n) is 0.337. The topological polar surface area (TPSA) is 73.6 Å². The van der Waals surface area contributed by atoms with Crippen LogP contribution in [0.2, 0.25) is 0 Å². The fourth-order valence-corrected chi connectivity index (χ4v) is 0.337. The minimum Gasteiger partial charge on any atom is -0.382 e. The summed E-state index contributed by atoms with van der Waals surface area (Å²) in [6.45, 7) is 1.11. The zero-order chi connectivity index (χ0) is 7.82. The van der Waals surface area contributed by atoms with Crippen LogP contribution in [0.3, 0.4) is 0 Å². The molecule has 0 aromatic rings. The lowest BCUT2D eigenvalue weighted by molar-refractivity contribution is 0.0648. The first-order valence-corrected chi connectivity index (χ1v) is 2.87. The molecule has 0 spiro atoms. The van der Waals surface area contributed by atoms with Gasteiger partial charge in [-0.05, 0) is 0 Å². The quantitative estimate of drug-likeness (QED) is 0.399. The van der Waals surface area contributed by atoms with E-state index < -0.39 is 6.03 Å². The molecule has 60 valence electrons. The van der Waals surface area contributed by atoms with Crippen molar-refractivity contribution in [3.63, 3.8) is 0 Å². The van der Waals surface area contributed by atoms with Gasteiger partial charge in [-0.15, -0.1) is 0 Å². The van der Waals surface area contributed by atoms with E-state index in [1.807, 2.05) is 0 Å². The van der Waals surface area contributed by atoms with E-state index in [0.717, 1.165) is 0 Å². The molecule has 5 nitrogen and oxygen atoms in total. The smallest absolute Gasteiger partial charge is 0.313 e. The molecule has 0 rings (SSSR count). The third-order valence-corrected chi connectivity index (χ3v) is 0.780. The summed E-state index contributed by atoms with van der Waals surface area (Å²) < 4.78 is 9.53. The lowest BCUT2D eigenvalue weighted by atomic mass is 10.8. The largest absolute Gasteiger partial charge is 0.382 e. The molecule has 0 saturated carbocycles. The number of hydrogen-bond donors (Lipinski definition) is 2. The van der Waals surface area contributed by atoms with Gasteiger partial charge in [-0.25, -0.2) is 4.79 Å². The second-order valence-corrected chi connectivity index (χ2v) is 1.59. The molecule has 0 fully saturated rings. The van der Waals surface area contributed by atoms with Gasteiger partial charge in [0.15, 0.2) is 0 Å². The third kappa shape index (κ3) is 7.19. The highest BCUT2D eigenvalue weighted by atomic mass is 16.5. The Bertz CT molecular complexity index is 96.9. The Hall–Kier alpha value is -0.810. The molecule has 0 unspecified atom stereocenters. The average Bonchev–Trinajstić information content (AvgIpc) is 1.87. The number of carbonyl (C=O) groups excluding carboxylic acids is 1. The highest BCUT2D eigenvalue weighted by Gasteiger charge is 1.88. The number of urea groups is 1. The maximum absolute atomic E-state index is 10.0. The van der Waals surface area contributed by atoms with Gasteiger partial charge in [0, 0.05) is 7.11 Å². The molecule has 10 heavy (non-hydrogen) atoms. The van der Waals surface area contributed by atoms with Gasteiger partial charge in [0.05, 0.1) is 13.2 Å². The van der Waals surface area contributed by atoms with Gasteiger partial charge in [0.1, 0.15) is 6.73 Å². The number of hydrogen-bond acceptors (Lipinski definition) is 3. The number of ether oxygens (including phenoxy) is 2. The summed E-state index contributed by atoms with van der Waals surface area (Å²) in [6.07, 6.45) is 0. The predicted molar refractivity (Wildman–Crippen MR) is 35.4 cm³/mol. The van der Waals surface area contributed by atoms with Gasteiger partial charge in [-0.3, -0.25) is 0 Å². The van der Waals surface area contributed by atoms with Crippen LogP contribution in [-0.2, 0) is 9.47 Å². The van der Waals surface area contributed by atoms with Gasteiger partial charge in [-0.1, -0.05) is 0 Å². The number of rotatable bonds is 5. The van der Waals surface area contributed by atoms with E-state index in [0.29, 0.717) is 13.2 Å². The van der Waals surface area contributed by atoms with Crippen LogP contribution < -0.4 is 11.1 Å². The second-order valence-electron chi connectivity index (χ2n) is 1.59. The van der Waals surface area contributed by atoms with E-state index >= 15 is 0 Å². The average molecular weight is 148 g/mol. The minimum absolute atomic E-state index is 0.138. The van der Waals surface area contributed by atoms with Gasteiger partial charge in [-0.2, -0.15) is 0 Å². The van der Waals surface area contributed by atoms with Crippen LogP contribution in [0.4, 0.5) is 4.79 Å². The molecule has 0 saturated heterocycles. The number of methoxy groups -OCH3 is 1. The standard InChI is InChI=1S/C5H12N2O3/c1-9-2-3-10-4-7-5(6)8/h2-4H2,1H3,(H3,6,7,8). The Morgan fingerprint density at radius 1 is 1.60 bits per heavy atom. The van der Waals surface area contributed by atoms with Gasteiger partial charge in [0.2, 0.25) is 0 Å². The molecule has 0 aliphatic rings. The number of nitrogens with two attached hydrogens (primary N) is 1. The van der Waals surface area contributed by atoms with E-state index in [1.165, 1.54) is 0 Å². The maximum atomic E-state index is 10.0. The molecule has 5 heteroatoms. The van der Waals surface area contributed by atoms with Crippen molar-refractivity contribution in [2.24, 2.45) is 5.73 Å². The van der Waals surface area contributed by atoms with Crippen LogP contribution in [0.5, 0.6) is 0 Å². The first-order valence-electron chi connectivity index (χ1n) is 2.87. The van der Waals surface area contributed by atoms with Crippen LogP contribution >= 0.6 is 0 Å². The fraction of sp³-hybridized carbons (Fsp3) is 0.800. The zero-order valence-electron chi connectivity index (χ0n) is 5.92. The first kappa shape index (κ1) is 9.19. The van der Waals surface area contributed by atoms with Crippen LogP contribution in [0.1, 0.15) is 0 Å². The van der Waals surface area contributed by atoms with E-state index in [2.05, 4.69) is 10.1 Å². The van der Waals surface area contributed by atoms with Crippen molar-refractivity contribution in [2.45, 2.75) is 0 Å². The molecule has 0 aliphatic carbocycles. The molecule has 3 N–H and O–H groups in total. The van der Waals surface area contributed by atoms with Crippen molar-refractivity contribution in [3.8, 4) is 0 Å². The normalized spacial score (nSPS) is 9.30. The molecule has 0 bridgehead atoms. The van der Waals surface area contributed by atoms with Gasteiger partial charge in [0.25, 0.3) is 0 Å². The van der Waals surface area contributed by atoms with E-state index in [4.69, 9.17) is 10.5 Å². The number of amides is 2. The minimum atomic E-state index is -0.586. The summed E-state index contributed by atoms with van der Waals surface area (Å²) in [5.74, 6) is 0. The summed E-state index contributed by atoms with van der Waals surface area (Å²) >= 11 is 0. The van der Waals surface area contributed by atoms with Crippen LogP contribution in [0.15, 0.2) is 0 Å². The van der Waals surface area contributed by atoms with E-state index in [-0.39, 0.29) is 6.73 Å². The van der Waals surface area contributed by atoms with Crippen molar-refractivity contribution in [3.05, 3.63) is 0 Å². The maximum Gasteiger partial charge on any atom is 0.313 e. The molecule has 0 aromatic carbocycles. The SMILES string of the molecule is COCCOCNC(N)=O. The van der Waals surface area contributed by atoms with Crippen LogP contribution in [-0.4, -0.2) is 33.1 Å². The molecule has 0 heterocycles.